The van der Waals surface area contributed by atoms with E-state index >= 15 is 0 Å². The van der Waals surface area contributed by atoms with Crippen molar-refractivity contribution in [1.29, 1.82) is 0 Å². The van der Waals surface area contributed by atoms with Crippen LogP contribution >= 0.6 is 11.6 Å². The van der Waals surface area contributed by atoms with E-state index < -0.39 is 11.9 Å². The molecule has 3 heterocycles. The molecule has 3 aromatic rings. The number of nitrogens with one attached hydrogen (secondary N) is 3. The molecule has 0 radical (unpaired) electrons. The molecule has 0 bridgehead atoms. The van der Waals surface area contributed by atoms with Crippen LogP contribution in [0.5, 0.6) is 0 Å². The fourth-order valence-corrected chi connectivity index (χ4v) is 3.73. The number of rotatable bonds is 4. The van der Waals surface area contributed by atoms with E-state index in [0.29, 0.717) is 28.5 Å². The Morgan fingerprint density at radius 3 is 2.82 bits per heavy atom. The average molecular weight is 405 g/mol. The van der Waals surface area contributed by atoms with Crippen LogP contribution < -0.4 is 10.6 Å². The van der Waals surface area contributed by atoms with Gasteiger partial charge in [0.05, 0.1) is 17.3 Å². The van der Waals surface area contributed by atoms with Crippen LogP contribution in [0.3, 0.4) is 0 Å². The summed E-state index contributed by atoms with van der Waals surface area (Å²) in [4.78, 5) is 26.7. The highest BCUT2D eigenvalue weighted by Crippen LogP contribution is 2.29. The van der Waals surface area contributed by atoms with Crippen molar-refractivity contribution in [2.75, 3.05) is 5.32 Å². The van der Waals surface area contributed by atoms with Gasteiger partial charge in [-0.1, -0.05) is 24.4 Å². The number of carbonyl (C=O) groups is 1. The summed E-state index contributed by atoms with van der Waals surface area (Å²) in [5, 5.41) is 15.8. The topological polar surface area (TPSA) is 116 Å². The van der Waals surface area contributed by atoms with E-state index in [-0.39, 0.29) is 17.9 Å². The molecule has 1 fully saturated rings. The summed E-state index contributed by atoms with van der Waals surface area (Å²) in [7, 11) is 0. The van der Waals surface area contributed by atoms with Crippen LogP contribution in [0.15, 0.2) is 24.7 Å². The predicted octanol–water partition coefficient (Wildman–Crippen LogP) is 3.80. The third-order valence-corrected chi connectivity index (χ3v) is 5.09. The van der Waals surface area contributed by atoms with Gasteiger partial charge < -0.3 is 20.7 Å². The molecule has 0 unspecified atom stereocenters. The normalized spacial score (nSPS) is 19.5. The number of amides is 1. The minimum atomic E-state index is -1.09. The first kappa shape index (κ1) is 18.4. The molecule has 0 spiro atoms. The summed E-state index contributed by atoms with van der Waals surface area (Å²) >= 11 is 6.03. The van der Waals surface area contributed by atoms with Crippen molar-refractivity contribution in [3.63, 3.8) is 0 Å². The molecule has 0 aromatic carbocycles. The molecule has 10 heteroatoms. The molecular formula is C18H18ClFN6O2. The van der Waals surface area contributed by atoms with Gasteiger partial charge in [-0.3, -0.25) is 0 Å². The fourth-order valence-electron chi connectivity index (χ4n) is 3.57. The molecule has 3 aromatic heterocycles. The van der Waals surface area contributed by atoms with Crippen LogP contribution in [0.1, 0.15) is 25.7 Å². The lowest BCUT2D eigenvalue weighted by atomic mass is 9.90. The first-order valence-corrected chi connectivity index (χ1v) is 9.30. The second-order valence-electron chi connectivity index (χ2n) is 6.73. The van der Waals surface area contributed by atoms with Crippen molar-refractivity contribution >= 4 is 34.5 Å². The van der Waals surface area contributed by atoms with Gasteiger partial charge in [-0.2, -0.15) is 0 Å². The van der Waals surface area contributed by atoms with Gasteiger partial charge in [0.2, 0.25) is 0 Å². The highest BCUT2D eigenvalue weighted by Gasteiger charge is 2.27. The molecule has 28 heavy (non-hydrogen) atoms. The number of hydrogen-bond donors (Lipinski definition) is 4. The number of aromatic nitrogens is 4. The molecule has 146 valence electrons. The van der Waals surface area contributed by atoms with E-state index in [4.69, 9.17) is 16.7 Å². The smallest absolute Gasteiger partial charge is 0.404 e. The third kappa shape index (κ3) is 3.70. The van der Waals surface area contributed by atoms with Crippen LogP contribution in [0.2, 0.25) is 5.02 Å². The van der Waals surface area contributed by atoms with E-state index in [1.165, 1.54) is 6.20 Å². The minimum Gasteiger partial charge on any atom is -0.465 e. The number of pyridine rings is 1. The lowest BCUT2D eigenvalue weighted by Crippen LogP contribution is -2.48. The van der Waals surface area contributed by atoms with Gasteiger partial charge in [0.15, 0.2) is 17.5 Å². The van der Waals surface area contributed by atoms with Crippen molar-refractivity contribution in [2.45, 2.75) is 37.8 Å². The second kappa shape index (κ2) is 7.59. The minimum absolute atomic E-state index is 0.0402. The summed E-state index contributed by atoms with van der Waals surface area (Å²) < 4.78 is 14.4. The molecular weight excluding hydrogens is 387 g/mol. The molecule has 8 nitrogen and oxygen atoms in total. The monoisotopic (exact) mass is 404 g/mol. The molecule has 1 aliphatic rings. The van der Waals surface area contributed by atoms with Crippen LogP contribution in [0.25, 0.3) is 22.4 Å². The zero-order valence-electron chi connectivity index (χ0n) is 14.7. The van der Waals surface area contributed by atoms with Gasteiger partial charge in [0, 0.05) is 29.4 Å². The van der Waals surface area contributed by atoms with Crippen LogP contribution in [0, 0.1) is 5.82 Å². The SMILES string of the molecule is O=C(O)N[C@@H]1CCCC[C@@H]1Nc1nc(-c2c[nH]c3ncc(Cl)cc23)ncc1F. The molecule has 1 aliphatic carbocycles. The van der Waals surface area contributed by atoms with Gasteiger partial charge in [-0.25, -0.2) is 24.1 Å². The number of nitrogens with zero attached hydrogens (tertiary/aromatic N) is 3. The first-order chi connectivity index (χ1) is 13.5. The van der Waals surface area contributed by atoms with Crippen LogP contribution in [0.4, 0.5) is 15.0 Å². The Morgan fingerprint density at radius 2 is 2.04 bits per heavy atom. The fraction of sp³-hybridized carbons (Fsp3) is 0.333. The maximum absolute atomic E-state index is 14.4. The molecule has 4 N–H and O–H groups in total. The third-order valence-electron chi connectivity index (χ3n) is 4.88. The predicted molar refractivity (Wildman–Crippen MR) is 103 cm³/mol. The van der Waals surface area contributed by atoms with E-state index in [9.17, 15) is 9.18 Å². The number of carboxylic acid groups (broad SMARTS) is 1. The molecule has 1 amide bonds. The molecule has 1 saturated carbocycles. The molecule has 4 rings (SSSR count). The summed E-state index contributed by atoms with van der Waals surface area (Å²) in [6, 6.07) is 1.19. The number of halogens is 2. The second-order valence-corrected chi connectivity index (χ2v) is 7.17. The van der Waals surface area contributed by atoms with Gasteiger partial charge in [0.1, 0.15) is 5.65 Å². The van der Waals surface area contributed by atoms with Crippen LogP contribution in [-0.2, 0) is 0 Å². The Hall–Kier alpha value is -2.94. The zero-order chi connectivity index (χ0) is 19.7. The van der Waals surface area contributed by atoms with Crippen LogP contribution in [-0.4, -0.2) is 43.2 Å². The Bertz CT molecular complexity index is 1030. The molecule has 2 atom stereocenters. The maximum atomic E-state index is 14.4. The average Bonchev–Trinajstić information content (AvgIpc) is 3.07. The molecule has 0 saturated heterocycles. The van der Waals surface area contributed by atoms with E-state index in [0.717, 1.165) is 30.8 Å². The van der Waals surface area contributed by atoms with E-state index in [1.54, 1.807) is 12.3 Å². The Labute approximate surface area is 164 Å². The van der Waals surface area contributed by atoms with Crippen molar-refractivity contribution in [3.05, 3.63) is 35.5 Å². The van der Waals surface area contributed by atoms with Crippen molar-refractivity contribution in [1.82, 2.24) is 25.3 Å². The van der Waals surface area contributed by atoms with Crippen molar-refractivity contribution in [3.8, 4) is 11.4 Å². The largest absolute Gasteiger partial charge is 0.465 e. The number of hydrogen-bond acceptors (Lipinski definition) is 5. The van der Waals surface area contributed by atoms with Gasteiger partial charge in [-0.05, 0) is 18.9 Å². The number of H-pyrrole nitrogens is 1. The standard InChI is InChI=1S/C18H18ClFN6O2/c19-9-5-10-11(7-22-15(10)21-6-9)16-23-8-12(20)17(26-16)24-13-3-1-2-4-14(13)25-18(27)28/h5-8,13-14,25H,1-4H2,(H,21,22)(H,27,28)(H,23,24,26)/t13-,14+/m0/s1. The maximum Gasteiger partial charge on any atom is 0.404 e. The highest BCUT2D eigenvalue weighted by atomic mass is 35.5. The van der Waals surface area contributed by atoms with Crippen molar-refractivity contribution < 1.29 is 14.3 Å². The Morgan fingerprint density at radius 1 is 1.25 bits per heavy atom. The lowest BCUT2D eigenvalue weighted by molar-refractivity contribution is 0.184. The summed E-state index contributed by atoms with van der Waals surface area (Å²) in [5.74, 6) is -0.240. The van der Waals surface area contributed by atoms with Crippen molar-refractivity contribution in [2.24, 2.45) is 0 Å². The summed E-state index contributed by atoms with van der Waals surface area (Å²) in [6.07, 6.45) is 6.49. The quantitative estimate of drug-likeness (QED) is 0.525. The number of fused-ring (bicyclic) bond motifs is 1. The number of aromatic amines is 1. The zero-order valence-corrected chi connectivity index (χ0v) is 15.5. The number of anilines is 1. The van der Waals surface area contributed by atoms with E-state index in [2.05, 4.69) is 30.6 Å². The van der Waals surface area contributed by atoms with Gasteiger partial charge in [-0.15, -0.1) is 0 Å². The highest BCUT2D eigenvalue weighted by molar-refractivity contribution is 6.31. The Kier molecular flexibility index (Phi) is 4.99. The molecule has 0 aliphatic heterocycles. The van der Waals surface area contributed by atoms with Gasteiger partial charge >= 0.3 is 6.09 Å². The van der Waals surface area contributed by atoms with E-state index in [1.807, 2.05) is 0 Å². The summed E-state index contributed by atoms with van der Waals surface area (Å²) in [6.45, 7) is 0. The summed E-state index contributed by atoms with van der Waals surface area (Å²) in [5.41, 5.74) is 1.27. The van der Waals surface area contributed by atoms with Gasteiger partial charge in [0.25, 0.3) is 0 Å². The lowest BCUT2D eigenvalue weighted by Gasteiger charge is -2.32. The Balaban J connectivity index is 1.65. The first-order valence-electron chi connectivity index (χ1n) is 8.93.